The smallest absolute Gasteiger partial charge is 0.280 e. The average Bonchev–Trinajstić information content (AvgIpc) is 2.95. The summed E-state index contributed by atoms with van der Waals surface area (Å²) in [4.78, 5) is 28.6. The van der Waals surface area contributed by atoms with Crippen LogP contribution in [0.4, 0.5) is 0 Å². The third kappa shape index (κ3) is 3.40. The molecule has 0 aliphatic rings. The van der Waals surface area contributed by atoms with E-state index in [1.807, 2.05) is 30.3 Å². The first kappa shape index (κ1) is 16.4. The fraction of sp³-hybridized carbons (Fsp3) is 0.111. The molecule has 7 nitrogen and oxygen atoms in total. The molecule has 0 radical (unpaired) electrons. The van der Waals surface area contributed by atoms with Crippen molar-refractivity contribution < 1.29 is 4.79 Å². The van der Waals surface area contributed by atoms with Gasteiger partial charge in [-0.15, -0.1) is 0 Å². The van der Waals surface area contributed by atoms with Gasteiger partial charge in [0.2, 0.25) is 0 Å². The molecule has 0 atom stereocenters. The first-order valence-corrected chi connectivity index (χ1v) is 7.70. The largest absolute Gasteiger partial charge is 0.295 e. The Balaban J connectivity index is 1.88. The highest BCUT2D eigenvalue weighted by Gasteiger charge is 2.15. The first-order valence-electron chi connectivity index (χ1n) is 7.70. The van der Waals surface area contributed by atoms with Crippen molar-refractivity contribution >= 4 is 11.6 Å². The van der Waals surface area contributed by atoms with E-state index in [9.17, 15) is 9.59 Å². The standard InChI is InChI=1S/C18H17N5O2/c1-12(20-21-17(24)14-8-10-19-11-9-14)16-13(2)22-23(18(16)25)15-6-4-3-5-7-15/h3-11,22H,1-2H3,(H,21,24)/b20-12+. The molecule has 0 saturated heterocycles. The van der Waals surface area contributed by atoms with Crippen molar-refractivity contribution in [3.63, 3.8) is 0 Å². The second kappa shape index (κ2) is 6.96. The van der Waals surface area contributed by atoms with Gasteiger partial charge in [0.05, 0.1) is 17.0 Å². The maximum Gasteiger partial charge on any atom is 0.280 e. The summed E-state index contributed by atoms with van der Waals surface area (Å²) in [7, 11) is 0. The minimum absolute atomic E-state index is 0.219. The van der Waals surface area contributed by atoms with Gasteiger partial charge in [-0.25, -0.2) is 10.1 Å². The number of amides is 1. The summed E-state index contributed by atoms with van der Waals surface area (Å²) in [5.74, 6) is -0.363. The van der Waals surface area contributed by atoms with Crippen LogP contribution >= 0.6 is 0 Å². The Morgan fingerprint density at radius 1 is 1.16 bits per heavy atom. The number of pyridine rings is 1. The van der Waals surface area contributed by atoms with Crippen molar-refractivity contribution in [2.24, 2.45) is 5.10 Å². The van der Waals surface area contributed by atoms with E-state index in [1.54, 1.807) is 26.0 Å². The molecular weight excluding hydrogens is 318 g/mol. The number of hydrogen-bond donors (Lipinski definition) is 2. The Labute approximate surface area is 144 Å². The Bertz CT molecular complexity index is 972. The Kier molecular flexibility index (Phi) is 4.56. The van der Waals surface area contributed by atoms with Crippen LogP contribution in [0.5, 0.6) is 0 Å². The summed E-state index contributed by atoms with van der Waals surface area (Å²) in [5, 5.41) is 7.09. The van der Waals surface area contributed by atoms with Gasteiger partial charge in [0.1, 0.15) is 0 Å². The van der Waals surface area contributed by atoms with Gasteiger partial charge in [-0.1, -0.05) is 18.2 Å². The summed E-state index contributed by atoms with van der Waals surface area (Å²) >= 11 is 0. The number of para-hydroxylation sites is 1. The van der Waals surface area contributed by atoms with Crippen LogP contribution < -0.4 is 11.0 Å². The molecule has 0 spiro atoms. The molecule has 2 N–H and O–H groups in total. The fourth-order valence-corrected chi connectivity index (χ4v) is 2.49. The third-order valence-corrected chi connectivity index (χ3v) is 3.72. The van der Waals surface area contributed by atoms with E-state index in [0.717, 1.165) is 5.69 Å². The average molecular weight is 335 g/mol. The maximum atomic E-state index is 12.7. The van der Waals surface area contributed by atoms with E-state index in [-0.39, 0.29) is 11.5 Å². The zero-order valence-corrected chi connectivity index (χ0v) is 13.9. The number of hydrazone groups is 1. The number of carbonyl (C=O) groups excluding carboxylic acids is 1. The quantitative estimate of drug-likeness (QED) is 0.564. The molecule has 1 amide bonds. The molecule has 0 aliphatic heterocycles. The van der Waals surface area contributed by atoms with Crippen molar-refractivity contribution in [2.45, 2.75) is 13.8 Å². The second-order valence-electron chi connectivity index (χ2n) is 5.46. The van der Waals surface area contributed by atoms with Gasteiger partial charge >= 0.3 is 0 Å². The number of aromatic nitrogens is 3. The minimum Gasteiger partial charge on any atom is -0.295 e. The topological polar surface area (TPSA) is 92.1 Å². The van der Waals surface area contributed by atoms with Crippen LogP contribution in [0, 0.1) is 6.92 Å². The number of aryl methyl sites for hydroxylation is 1. The zero-order valence-electron chi connectivity index (χ0n) is 13.9. The molecular formula is C18H17N5O2. The van der Waals surface area contributed by atoms with E-state index in [4.69, 9.17) is 0 Å². The van der Waals surface area contributed by atoms with Crippen molar-refractivity contribution in [1.29, 1.82) is 0 Å². The van der Waals surface area contributed by atoms with Crippen LogP contribution in [0.3, 0.4) is 0 Å². The van der Waals surface area contributed by atoms with Crippen molar-refractivity contribution in [1.82, 2.24) is 20.2 Å². The van der Waals surface area contributed by atoms with E-state index < -0.39 is 0 Å². The van der Waals surface area contributed by atoms with Crippen LogP contribution in [0.25, 0.3) is 5.69 Å². The summed E-state index contributed by atoms with van der Waals surface area (Å²) in [5.41, 5.74) is 4.95. The minimum atomic E-state index is -0.363. The van der Waals surface area contributed by atoms with Crippen molar-refractivity contribution in [3.8, 4) is 5.69 Å². The highest BCUT2D eigenvalue weighted by atomic mass is 16.2. The molecule has 3 aromatic rings. The lowest BCUT2D eigenvalue weighted by molar-refractivity contribution is 0.0954. The third-order valence-electron chi connectivity index (χ3n) is 3.72. The molecule has 126 valence electrons. The molecule has 0 fully saturated rings. The van der Waals surface area contributed by atoms with Crippen LogP contribution in [0.1, 0.15) is 28.5 Å². The molecule has 1 aromatic carbocycles. The van der Waals surface area contributed by atoms with Gasteiger partial charge in [0.25, 0.3) is 11.5 Å². The Hall–Kier alpha value is -3.48. The fourth-order valence-electron chi connectivity index (χ4n) is 2.49. The summed E-state index contributed by atoms with van der Waals surface area (Å²) in [6, 6.07) is 12.4. The molecule has 0 unspecified atom stereocenters. The Morgan fingerprint density at radius 2 is 1.84 bits per heavy atom. The number of H-pyrrole nitrogens is 1. The van der Waals surface area contributed by atoms with Gasteiger partial charge in [0.15, 0.2) is 0 Å². The number of benzene rings is 1. The predicted molar refractivity (Wildman–Crippen MR) is 95.0 cm³/mol. The molecule has 25 heavy (non-hydrogen) atoms. The number of nitrogens with one attached hydrogen (secondary N) is 2. The van der Waals surface area contributed by atoms with E-state index in [0.29, 0.717) is 22.5 Å². The van der Waals surface area contributed by atoms with Crippen molar-refractivity contribution in [3.05, 3.63) is 82.0 Å². The normalized spacial score (nSPS) is 11.4. The molecule has 2 heterocycles. The predicted octanol–water partition coefficient (Wildman–Crippen LogP) is 2.02. The monoisotopic (exact) mass is 335 g/mol. The highest BCUT2D eigenvalue weighted by molar-refractivity contribution is 6.01. The second-order valence-corrected chi connectivity index (χ2v) is 5.46. The van der Waals surface area contributed by atoms with Crippen molar-refractivity contribution in [2.75, 3.05) is 0 Å². The summed E-state index contributed by atoms with van der Waals surface area (Å²) in [6.45, 7) is 3.47. The highest BCUT2D eigenvalue weighted by Crippen LogP contribution is 2.07. The van der Waals surface area contributed by atoms with Gasteiger partial charge in [0, 0.05) is 23.7 Å². The van der Waals surface area contributed by atoms with E-state index >= 15 is 0 Å². The van der Waals surface area contributed by atoms with E-state index in [2.05, 4.69) is 20.6 Å². The molecule has 2 aromatic heterocycles. The number of hydrogen-bond acceptors (Lipinski definition) is 4. The van der Waals surface area contributed by atoms with E-state index in [1.165, 1.54) is 17.1 Å². The van der Waals surface area contributed by atoms with Crippen LogP contribution in [-0.4, -0.2) is 26.4 Å². The number of rotatable bonds is 4. The lowest BCUT2D eigenvalue weighted by Crippen LogP contribution is -2.23. The Morgan fingerprint density at radius 3 is 2.52 bits per heavy atom. The van der Waals surface area contributed by atoms with Gasteiger partial charge in [-0.05, 0) is 38.1 Å². The van der Waals surface area contributed by atoms with Crippen LogP contribution in [0.15, 0.2) is 64.8 Å². The molecule has 0 aliphatic carbocycles. The number of carbonyl (C=O) groups is 1. The number of nitrogens with zero attached hydrogens (tertiary/aromatic N) is 3. The van der Waals surface area contributed by atoms with Crippen LogP contribution in [0.2, 0.25) is 0 Å². The molecule has 3 rings (SSSR count). The summed E-state index contributed by atoms with van der Waals surface area (Å²) in [6.07, 6.45) is 3.06. The first-order chi connectivity index (χ1) is 12.1. The molecule has 0 bridgehead atoms. The molecule has 7 heteroatoms. The van der Waals surface area contributed by atoms with Crippen LogP contribution in [-0.2, 0) is 0 Å². The SMILES string of the molecule is C/C(=N\NC(=O)c1ccncc1)c1c(C)[nH]n(-c2ccccc2)c1=O. The molecule has 0 saturated carbocycles. The lowest BCUT2D eigenvalue weighted by atomic mass is 10.2. The zero-order chi connectivity index (χ0) is 17.8. The summed E-state index contributed by atoms with van der Waals surface area (Å²) < 4.78 is 1.45. The maximum absolute atomic E-state index is 12.7. The van der Waals surface area contributed by atoms with Gasteiger partial charge in [-0.3, -0.25) is 19.7 Å². The number of aromatic amines is 1. The lowest BCUT2D eigenvalue weighted by Gasteiger charge is -2.01. The van der Waals surface area contributed by atoms with Gasteiger partial charge in [-0.2, -0.15) is 5.10 Å². The van der Waals surface area contributed by atoms with Gasteiger partial charge < -0.3 is 0 Å².